The molecule has 1 N–H and O–H groups in total. The van der Waals surface area contributed by atoms with Crippen LogP contribution < -0.4 is 5.32 Å². The number of fused-ring (bicyclic) bond motifs is 2. The largest absolute Gasteiger partial charge is 0.350 e. The first-order valence-corrected chi connectivity index (χ1v) is 9.73. The number of nitrogens with one attached hydrogen (secondary N) is 1. The fraction of sp³-hybridized carbons (Fsp3) is 0.333. The predicted octanol–water partition coefficient (Wildman–Crippen LogP) is 5.60. The third kappa shape index (κ3) is 3.96. The van der Waals surface area contributed by atoms with E-state index in [1.165, 1.54) is 10.5 Å². The molecule has 25 heavy (non-hydrogen) atoms. The molecular formula is C21H24N2OS. The first-order valence-electron chi connectivity index (χ1n) is 8.92. The number of rotatable bonds is 5. The number of benzene rings is 2. The van der Waals surface area contributed by atoms with Crippen LogP contribution in [0.3, 0.4) is 0 Å². The van der Waals surface area contributed by atoms with Crippen molar-refractivity contribution < 1.29 is 4.79 Å². The Morgan fingerprint density at radius 3 is 2.72 bits per heavy atom. The van der Waals surface area contributed by atoms with E-state index in [9.17, 15) is 4.79 Å². The summed E-state index contributed by atoms with van der Waals surface area (Å²) in [5.41, 5.74) is 3.87. The summed E-state index contributed by atoms with van der Waals surface area (Å²) < 4.78 is 0. The molecule has 130 valence electrons. The molecule has 3 rings (SSSR count). The lowest BCUT2D eigenvalue weighted by atomic mass is 10.1. The molecule has 0 spiro atoms. The third-order valence-corrected chi connectivity index (χ3v) is 5.51. The average Bonchev–Trinajstić information content (AvgIpc) is 2.77. The molecule has 1 amide bonds. The van der Waals surface area contributed by atoms with Crippen LogP contribution in [0.15, 0.2) is 57.2 Å². The minimum atomic E-state index is -0.0313. The Morgan fingerprint density at radius 1 is 1.16 bits per heavy atom. The van der Waals surface area contributed by atoms with Gasteiger partial charge in [-0.05, 0) is 44.0 Å². The van der Waals surface area contributed by atoms with Crippen LogP contribution in [0.25, 0.3) is 0 Å². The Labute approximate surface area is 153 Å². The molecule has 1 aliphatic rings. The molecule has 3 nitrogen and oxygen atoms in total. The van der Waals surface area contributed by atoms with Gasteiger partial charge in [-0.15, -0.1) is 0 Å². The number of hydrogen-bond acceptors (Lipinski definition) is 3. The van der Waals surface area contributed by atoms with Crippen molar-refractivity contribution in [1.29, 1.82) is 0 Å². The number of amides is 1. The van der Waals surface area contributed by atoms with Crippen LogP contribution in [0, 0.1) is 0 Å². The smallest absolute Gasteiger partial charge is 0.251 e. The Bertz CT molecular complexity index is 813. The monoisotopic (exact) mass is 352 g/mol. The van der Waals surface area contributed by atoms with Crippen LogP contribution in [0.2, 0.25) is 0 Å². The highest BCUT2D eigenvalue weighted by Gasteiger charge is 2.18. The van der Waals surface area contributed by atoms with Crippen molar-refractivity contribution in [3.8, 4) is 0 Å². The molecule has 2 aromatic rings. The molecule has 0 bridgehead atoms. The van der Waals surface area contributed by atoms with E-state index in [2.05, 4.69) is 43.4 Å². The Hall–Kier alpha value is -2.07. The fourth-order valence-corrected chi connectivity index (χ4v) is 3.81. The second-order valence-corrected chi connectivity index (χ2v) is 7.46. The predicted molar refractivity (Wildman–Crippen MR) is 105 cm³/mol. The van der Waals surface area contributed by atoms with Crippen molar-refractivity contribution in [1.82, 2.24) is 5.32 Å². The summed E-state index contributed by atoms with van der Waals surface area (Å²) in [4.78, 5) is 19.7. The molecule has 0 aliphatic carbocycles. The van der Waals surface area contributed by atoms with Crippen LogP contribution in [0.1, 0.15) is 56.0 Å². The maximum absolute atomic E-state index is 12.4. The van der Waals surface area contributed by atoms with Gasteiger partial charge in [-0.1, -0.05) is 50.2 Å². The van der Waals surface area contributed by atoms with E-state index in [1.54, 1.807) is 11.8 Å². The number of aliphatic imine (C=N–C) groups is 1. The first-order chi connectivity index (χ1) is 12.1. The molecule has 2 aromatic carbocycles. The summed E-state index contributed by atoms with van der Waals surface area (Å²) in [7, 11) is 0. The van der Waals surface area contributed by atoms with Gasteiger partial charge in [-0.3, -0.25) is 9.79 Å². The number of carbonyl (C=O) groups excluding carboxylic acids is 1. The maximum Gasteiger partial charge on any atom is 0.251 e. The van der Waals surface area contributed by atoms with Gasteiger partial charge in [0.2, 0.25) is 0 Å². The first kappa shape index (κ1) is 17.7. The van der Waals surface area contributed by atoms with Gasteiger partial charge in [0.05, 0.1) is 5.69 Å². The lowest BCUT2D eigenvalue weighted by Gasteiger charge is -2.12. The molecule has 1 heterocycles. The van der Waals surface area contributed by atoms with Crippen LogP contribution in [0.4, 0.5) is 5.69 Å². The van der Waals surface area contributed by atoms with Crippen molar-refractivity contribution >= 4 is 29.1 Å². The van der Waals surface area contributed by atoms with Crippen LogP contribution in [0.5, 0.6) is 0 Å². The van der Waals surface area contributed by atoms with Gasteiger partial charge in [-0.25, -0.2) is 0 Å². The summed E-state index contributed by atoms with van der Waals surface area (Å²) in [5.74, 6) is -0.0313. The van der Waals surface area contributed by atoms with Crippen molar-refractivity contribution in [2.75, 3.05) is 0 Å². The molecule has 0 saturated carbocycles. The Balaban J connectivity index is 2.00. The van der Waals surface area contributed by atoms with E-state index < -0.39 is 0 Å². The van der Waals surface area contributed by atoms with Crippen LogP contribution in [-0.4, -0.2) is 17.7 Å². The fourth-order valence-electron chi connectivity index (χ4n) is 2.79. The zero-order valence-corrected chi connectivity index (χ0v) is 15.8. The number of nitrogens with zero attached hydrogens (tertiary/aromatic N) is 1. The molecule has 4 heteroatoms. The van der Waals surface area contributed by atoms with E-state index in [0.717, 1.165) is 35.6 Å². The highest BCUT2D eigenvalue weighted by atomic mass is 32.2. The Morgan fingerprint density at radius 2 is 1.96 bits per heavy atom. The average molecular weight is 353 g/mol. The van der Waals surface area contributed by atoms with E-state index in [0.29, 0.717) is 5.56 Å². The van der Waals surface area contributed by atoms with Gasteiger partial charge >= 0.3 is 0 Å². The minimum absolute atomic E-state index is 0.0313. The highest BCUT2D eigenvalue weighted by molar-refractivity contribution is 7.99. The van der Waals surface area contributed by atoms with Gasteiger partial charge in [0.15, 0.2) is 0 Å². The third-order valence-electron chi connectivity index (χ3n) is 4.37. The van der Waals surface area contributed by atoms with Gasteiger partial charge in [0.25, 0.3) is 5.91 Å². The zero-order chi connectivity index (χ0) is 17.8. The topological polar surface area (TPSA) is 41.5 Å². The van der Waals surface area contributed by atoms with E-state index in [1.807, 2.05) is 25.1 Å². The van der Waals surface area contributed by atoms with Crippen LogP contribution in [-0.2, 0) is 0 Å². The van der Waals surface area contributed by atoms with Gasteiger partial charge < -0.3 is 5.32 Å². The lowest BCUT2D eigenvalue weighted by Crippen LogP contribution is -2.31. The van der Waals surface area contributed by atoms with Crippen molar-refractivity contribution in [3.63, 3.8) is 0 Å². The number of carbonyl (C=O) groups is 1. The van der Waals surface area contributed by atoms with Crippen molar-refractivity contribution in [3.05, 3.63) is 53.6 Å². The normalized spacial score (nSPS) is 14.0. The molecule has 0 aromatic heterocycles. The summed E-state index contributed by atoms with van der Waals surface area (Å²) >= 11 is 1.73. The van der Waals surface area contributed by atoms with E-state index >= 15 is 0 Å². The van der Waals surface area contributed by atoms with Gasteiger partial charge in [-0.2, -0.15) is 0 Å². The van der Waals surface area contributed by atoms with Gasteiger partial charge in [0, 0.05) is 32.7 Å². The van der Waals surface area contributed by atoms with E-state index in [-0.39, 0.29) is 11.9 Å². The molecular weight excluding hydrogens is 328 g/mol. The number of hydrogen-bond donors (Lipinski definition) is 1. The van der Waals surface area contributed by atoms with E-state index in [4.69, 9.17) is 4.99 Å². The summed E-state index contributed by atoms with van der Waals surface area (Å²) in [6.45, 7) is 6.25. The maximum atomic E-state index is 12.4. The SMILES string of the molecule is CCCC1=Nc2cc(C(=O)NC(C)CC)ccc2Sc2ccccc21. The molecule has 0 radical (unpaired) electrons. The summed E-state index contributed by atoms with van der Waals surface area (Å²) in [6, 6.07) is 14.4. The van der Waals surface area contributed by atoms with Crippen molar-refractivity contribution in [2.24, 2.45) is 4.99 Å². The second-order valence-electron chi connectivity index (χ2n) is 6.37. The second kappa shape index (κ2) is 7.87. The molecule has 0 fully saturated rings. The van der Waals surface area contributed by atoms with Crippen LogP contribution >= 0.6 is 11.8 Å². The molecule has 1 aliphatic heterocycles. The standard InChI is InChI=1S/C21H24N2OS/c1-4-8-17-16-9-6-7-10-19(16)25-20-12-11-15(13-18(20)23-17)21(24)22-14(3)5-2/h6-7,9-14H,4-5,8H2,1-3H3,(H,22,24). The molecule has 0 saturated heterocycles. The minimum Gasteiger partial charge on any atom is -0.350 e. The molecule has 1 unspecified atom stereocenters. The quantitative estimate of drug-likeness (QED) is 0.761. The van der Waals surface area contributed by atoms with Gasteiger partial charge in [0.1, 0.15) is 0 Å². The lowest BCUT2D eigenvalue weighted by molar-refractivity contribution is 0.0939. The van der Waals surface area contributed by atoms with Crippen molar-refractivity contribution in [2.45, 2.75) is 55.9 Å². The highest BCUT2D eigenvalue weighted by Crippen LogP contribution is 2.41. The molecule has 1 atom stereocenters. The summed E-state index contributed by atoms with van der Waals surface area (Å²) in [5, 5.41) is 3.03. The summed E-state index contributed by atoms with van der Waals surface area (Å²) in [6.07, 6.45) is 2.89. The zero-order valence-electron chi connectivity index (χ0n) is 15.0. The Kier molecular flexibility index (Phi) is 5.59.